The van der Waals surface area contributed by atoms with Crippen molar-refractivity contribution in [1.82, 2.24) is 0 Å². The SMILES string of the molecule is CC[C@H](C)c1ccccc1N1C[C@@H](C(=O)Nc2ccc(NC(C)=O)cc2)CC1=O. The Hall–Kier alpha value is -3.15. The molecule has 1 heterocycles. The van der Waals surface area contributed by atoms with Crippen molar-refractivity contribution >= 4 is 34.8 Å². The van der Waals surface area contributed by atoms with Crippen LogP contribution < -0.4 is 15.5 Å². The average molecular weight is 393 g/mol. The molecule has 1 aliphatic heterocycles. The number of nitrogens with one attached hydrogen (secondary N) is 2. The molecule has 6 heteroatoms. The van der Waals surface area contributed by atoms with E-state index in [1.54, 1.807) is 29.2 Å². The van der Waals surface area contributed by atoms with E-state index >= 15 is 0 Å². The fourth-order valence-electron chi connectivity index (χ4n) is 3.57. The molecular weight excluding hydrogens is 366 g/mol. The van der Waals surface area contributed by atoms with Gasteiger partial charge in [-0.3, -0.25) is 14.4 Å². The van der Waals surface area contributed by atoms with E-state index in [9.17, 15) is 14.4 Å². The number of amides is 3. The van der Waals surface area contributed by atoms with Crippen molar-refractivity contribution in [3.63, 3.8) is 0 Å². The second-order valence-electron chi connectivity index (χ2n) is 7.52. The standard InChI is InChI=1S/C23H27N3O3/c1-4-15(2)20-7-5-6-8-21(20)26-14-17(13-22(26)28)23(29)25-19-11-9-18(10-12-19)24-16(3)27/h5-12,15,17H,4,13-14H2,1-3H3,(H,24,27)(H,25,29)/t15-,17-/m0/s1. The molecule has 1 saturated heterocycles. The summed E-state index contributed by atoms with van der Waals surface area (Å²) < 4.78 is 0. The Morgan fingerprint density at radius 1 is 1.07 bits per heavy atom. The molecule has 152 valence electrons. The zero-order valence-electron chi connectivity index (χ0n) is 17.1. The Balaban J connectivity index is 1.69. The number of benzene rings is 2. The van der Waals surface area contributed by atoms with Crippen LogP contribution in [0.15, 0.2) is 48.5 Å². The number of hydrogen-bond acceptors (Lipinski definition) is 3. The van der Waals surface area contributed by atoms with Gasteiger partial charge in [0.2, 0.25) is 17.7 Å². The van der Waals surface area contributed by atoms with Crippen molar-refractivity contribution in [2.45, 2.75) is 39.5 Å². The van der Waals surface area contributed by atoms with Gasteiger partial charge in [0.05, 0.1) is 5.92 Å². The Morgan fingerprint density at radius 2 is 1.69 bits per heavy atom. The van der Waals surface area contributed by atoms with Crippen LogP contribution in [0.3, 0.4) is 0 Å². The highest BCUT2D eigenvalue weighted by atomic mass is 16.2. The van der Waals surface area contributed by atoms with Gasteiger partial charge in [0.15, 0.2) is 0 Å². The van der Waals surface area contributed by atoms with Crippen LogP contribution in [-0.4, -0.2) is 24.3 Å². The van der Waals surface area contributed by atoms with E-state index in [0.29, 0.717) is 23.8 Å². The smallest absolute Gasteiger partial charge is 0.229 e. The highest BCUT2D eigenvalue weighted by molar-refractivity contribution is 6.04. The molecule has 0 bridgehead atoms. The molecule has 0 spiro atoms. The Labute approximate surface area is 171 Å². The van der Waals surface area contributed by atoms with Crippen LogP contribution >= 0.6 is 0 Å². The molecule has 1 aliphatic rings. The molecule has 3 rings (SSSR count). The van der Waals surface area contributed by atoms with Crippen molar-refractivity contribution in [3.05, 3.63) is 54.1 Å². The molecular formula is C23H27N3O3. The molecule has 2 aromatic rings. The predicted molar refractivity (Wildman–Crippen MR) is 115 cm³/mol. The summed E-state index contributed by atoms with van der Waals surface area (Å²) in [6.07, 6.45) is 1.18. The van der Waals surface area contributed by atoms with Crippen molar-refractivity contribution < 1.29 is 14.4 Å². The zero-order valence-corrected chi connectivity index (χ0v) is 17.1. The lowest BCUT2D eigenvalue weighted by Crippen LogP contribution is -2.29. The van der Waals surface area contributed by atoms with Crippen LogP contribution in [0.4, 0.5) is 17.1 Å². The van der Waals surface area contributed by atoms with Gasteiger partial charge in [-0.25, -0.2) is 0 Å². The van der Waals surface area contributed by atoms with Crippen LogP contribution in [0.1, 0.15) is 45.1 Å². The normalized spacial score (nSPS) is 17.1. The van der Waals surface area contributed by atoms with Gasteiger partial charge >= 0.3 is 0 Å². The van der Waals surface area contributed by atoms with Gasteiger partial charge in [0.1, 0.15) is 0 Å². The number of hydrogen-bond donors (Lipinski definition) is 2. The van der Waals surface area contributed by atoms with Crippen molar-refractivity contribution in [2.24, 2.45) is 5.92 Å². The van der Waals surface area contributed by atoms with Crippen LogP contribution in [0.2, 0.25) is 0 Å². The van der Waals surface area contributed by atoms with Crippen LogP contribution in [-0.2, 0) is 14.4 Å². The Bertz CT molecular complexity index is 908. The first-order chi connectivity index (χ1) is 13.9. The average Bonchev–Trinajstić information content (AvgIpc) is 3.10. The molecule has 0 aliphatic carbocycles. The summed E-state index contributed by atoms with van der Waals surface area (Å²) in [6.45, 7) is 6.09. The van der Waals surface area contributed by atoms with Crippen LogP contribution in [0, 0.1) is 5.92 Å². The van der Waals surface area contributed by atoms with Gasteiger partial charge in [-0.15, -0.1) is 0 Å². The van der Waals surface area contributed by atoms with E-state index in [-0.39, 0.29) is 24.1 Å². The summed E-state index contributed by atoms with van der Waals surface area (Å²) in [4.78, 5) is 38.2. The third kappa shape index (κ3) is 4.83. The summed E-state index contributed by atoms with van der Waals surface area (Å²) in [7, 11) is 0. The predicted octanol–water partition coefficient (Wildman–Crippen LogP) is 4.15. The molecule has 0 radical (unpaired) electrons. The molecule has 1 fully saturated rings. The lowest BCUT2D eigenvalue weighted by Gasteiger charge is -2.23. The van der Waals surface area contributed by atoms with E-state index in [0.717, 1.165) is 17.7 Å². The minimum Gasteiger partial charge on any atom is -0.326 e. The van der Waals surface area contributed by atoms with Gasteiger partial charge in [0, 0.05) is 37.0 Å². The van der Waals surface area contributed by atoms with Gasteiger partial charge in [-0.2, -0.15) is 0 Å². The summed E-state index contributed by atoms with van der Waals surface area (Å²) in [5.41, 5.74) is 3.34. The van der Waals surface area contributed by atoms with Crippen molar-refractivity contribution in [1.29, 1.82) is 0 Å². The third-order valence-corrected chi connectivity index (χ3v) is 5.34. The number of rotatable bonds is 6. The molecule has 6 nitrogen and oxygen atoms in total. The minimum absolute atomic E-state index is 0.0260. The maximum absolute atomic E-state index is 12.7. The maximum Gasteiger partial charge on any atom is 0.229 e. The fraction of sp³-hybridized carbons (Fsp3) is 0.348. The molecule has 0 saturated carbocycles. The number of nitrogens with zero attached hydrogens (tertiary/aromatic N) is 1. The quantitative estimate of drug-likeness (QED) is 0.774. The topological polar surface area (TPSA) is 78.5 Å². The first-order valence-electron chi connectivity index (χ1n) is 9.96. The number of para-hydroxylation sites is 1. The second kappa shape index (κ2) is 8.90. The van der Waals surface area contributed by atoms with E-state index in [1.807, 2.05) is 18.2 Å². The first-order valence-corrected chi connectivity index (χ1v) is 9.96. The Morgan fingerprint density at radius 3 is 2.31 bits per heavy atom. The molecule has 3 amide bonds. The van der Waals surface area contributed by atoms with Gasteiger partial charge in [0.25, 0.3) is 0 Å². The number of carbonyl (C=O) groups is 3. The molecule has 2 atom stereocenters. The molecule has 2 aromatic carbocycles. The molecule has 0 aromatic heterocycles. The van der Waals surface area contributed by atoms with Crippen LogP contribution in [0.25, 0.3) is 0 Å². The van der Waals surface area contributed by atoms with E-state index in [4.69, 9.17) is 0 Å². The molecule has 2 N–H and O–H groups in total. The van der Waals surface area contributed by atoms with Crippen LogP contribution in [0.5, 0.6) is 0 Å². The molecule has 29 heavy (non-hydrogen) atoms. The summed E-state index contributed by atoms with van der Waals surface area (Å²) in [5, 5.41) is 5.56. The summed E-state index contributed by atoms with van der Waals surface area (Å²) in [5.74, 6) is -0.406. The number of anilines is 3. The maximum atomic E-state index is 12.7. The van der Waals surface area contributed by atoms with Gasteiger partial charge < -0.3 is 15.5 Å². The monoisotopic (exact) mass is 393 g/mol. The van der Waals surface area contributed by atoms with Gasteiger partial charge in [-0.05, 0) is 48.2 Å². The second-order valence-corrected chi connectivity index (χ2v) is 7.52. The number of carbonyl (C=O) groups excluding carboxylic acids is 3. The highest BCUT2D eigenvalue weighted by Gasteiger charge is 2.36. The Kier molecular flexibility index (Phi) is 6.32. The van der Waals surface area contributed by atoms with E-state index in [1.165, 1.54) is 6.92 Å². The third-order valence-electron chi connectivity index (χ3n) is 5.34. The van der Waals surface area contributed by atoms with E-state index < -0.39 is 5.92 Å². The van der Waals surface area contributed by atoms with Crippen molar-refractivity contribution in [3.8, 4) is 0 Å². The van der Waals surface area contributed by atoms with E-state index in [2.05, 4.69) is 30.5 Å². The first kappa shape index (κ1) is 20.6. The summed E-state index contributed by atoms with van der Waals surface area (Å²) in [6, 6.07) is 14.9. The largest absolute Gasteiger partial charge is 0.326 e. The van der Waals surface area contributed by atoms with Gasteiger partial charge in [-0.1, -0.05) is 32.0 Å². The summed E-state index contributed by atoms with van der Waals surface area (Å²) >= 11 is 0. The van der Waals surface area contributed by atoms with Crippen molar-refractivity contribution in [2.75, 3.05) is 22.1 Å². The lowest BCUT2D eigenvalue weighted by molar-refractivity contribution is -0.122. The molecule has 0 unspecified atom stereocenters. The lowest BCUT2D eigenvalue weighted by atomic mass is 9.96. The highest BCUT2D eigenvalue weighted by Crippen LogP contribution is 2.33. The zero-order chi connectivity index (χ0) is 21.0. The fourth-order valence-corrected chi connectivity index (χ4v) is 3.57. The minimum atomic E-state index is -0.400.